The highest BCUT2D eigenvalue weighted by molar-refractivity contribution is 6.30. The van der Waals surface area contributed by atoms with Gasteiger partial charge in [-0.05, 0) is 62.0 Å². The molecule has 5 rings (SSSR count). The van der Waals surface area contributed by atoms with E-state index in [4.69, 9.17) is 16.3 Å². The minimum absolute atomic E-state index is 0.0909. The number of halogens is 2. The number of hydrogen-bond donors (Lipinski definition) is 1. The summed E-state index contributed by atoms with van der Waals surface area (Å²) in [6.45, 7) is 1.66. The van der Waals surface area contributed by atoms with Crippen LogP contribution in [0.1, 0.15) is 16.8 Å². The van der Waals surface area contributed by atoms with Gasteiger partial charge in [0, 0.05) is 40.9 Å². The lowest BCUT2D eigenvalue weighted by atomic mass is 10.1. The molecule has 0 aliphatic carbocycles. The molecule has 2 aromatic heterocycles. The summed E-state index contributed by atoms with van der Waals surface area (Å²) in [6, 6.07) is 13.1. The molecule has 0 spiro atoms. The first-order chi connectivity index (χ1) is 16.5. The molecule has 172 valence electrons. The largest absolute Gasteiger partial charge is 0.457 e. The molecule has 1 aliphatic heterocycles. The fourth-order valence-electron chi connectivity index (χ4n) is 4.01. The molecular formula is C25H21ClFN5O2. The van der Waals surface area contributed by atoms with Crippen LogP contribution in [0.15, 0.2) is 60.9 Å². The van der Waals surface area contributed by atoms with Gasteiger partial charge in [0.2, 0.25) is 0 Å². The first kappa shape index (κ1) is 22.2. The van der Waals surface area contributed by atoms with E-state index in [1.807, 2.05) is 19.2 Å². The Kier molecular flexibility index (Phi) is 6.08. The van der Waals surface area contributed by atoms with Crippen molar-refractivity contribution in [2.75, 3.05) is 25.5 Å². The van der Waals surface area contributed by atoms with Gasteiger partial charge in [-0.1, -0.05) is 11.6 Å². The lowest BCUT2D eigenvalue weighted by Gasteiger charge is -2.13. The van der Waals surface area contributed by atoms with E-state index in [9.17, 15) is 9.18 Å². The van der Waals surface area contributed by atoms with Crippen molar-refractivity contribution in [2.45, 2.75) is 12.5 Å². The van der Waals surface area contributed by atoms with E-state index < -0.39 is 5.82 Å². The number of hydrogen-bond acceptors (Lipinski definition) is 7. The highest BCUT2D eigenvalue weighted by atomic mass is 35.5. The SMILES string of the molecule is CN1CC[C@@H](OC(=O)c2ccc3c(Nc4cnnc(-c5cc(Cl)ccc5F)c4)ccnc3c2)C1. The summed E-state index contributed by atoms with van der Waals surface area (Å²) in [5.74, 6) is -0.789. The zero-order chi connectivity index (χ0) is 23.7. The monoisotopic (exact) mass is 477 g/mol. The minimum Gasteiger partial charge on any atom is -0.457 e. The third kappa shape index (κ3) is 4.69. The molecule has 4 aromatic rings. The van der Waals surface area contributed by atoms with Crippen LogP contribution >= 0.6 is 11.6 Å². The van der Waals surface area contributed by atoms with Crippen molar-refractivity contribution in [2.24, 2.45) is 0 Å². The number of pyridine rings is 1. The molecule has 34 heavy (non-hydrogen) atoms. The second-order valence-corrected chi connectivity index (χ2v) is 8.68. The topological polar surface area (TPSA) is 80.2 Å². The molecule has 0 bridgehead atoms. The van der Waals surface area contributed by atoms with Gasteiger partial charge in [-0.3, -0.25) is 4.98 Å². The van der Waals surface area contributed by atoms with Gasteiger partial charge in [0.15, 0.2) is 0 Å². The van der Waals surface area contributed by atoms with Gasteiger partial charge in [0.1, 0.15) is 11.9 Å². The number of fused-ring (bicyclic) bond motifs is 1. The van der Waals surface area contributed by atoms with Gasteiger partial charge >= 0.3 is 5.97 Å². The number of esters is 1. The van der Waals surface area contributed by atoms with Gasteiger partial charge in [-0.2, -0.15) is 10.2 Å². The average molecular weight is 478 g/mol. The predicted molar refractivity (Wildman–Crippen MR) is 129 cm³/mol. The molecule has 1 atom stereocenters. The van der Waals surface area contributed by atoms with Crippen molar-refractivity contribution < 1.29 is 13.9 Å². The highest BCUT2D eigenvalue weighted by Crippen LogP contribution is 2.29. The van der Waals surface area contributed by atoms with Gasteiger partial charge in [0.05, 0.1) is 28.7 Å². The fraction of sp³-hybridized carbons (Fsp3) is 0.200. The van der Waals surface area contributed by atoms with Crippen molar-refractivity contribution in [3.8, 4) is 11.3 Å². The third-order valence-corrected chi connectivity index (χ3v) is 5.97. The zero-order valence-electron chi connectivity index (χ0n) is 18.3. The lowest BCUT2D eigenvalue weighted by molar-refractivity contribution is 0.0327. The second kappa shape index (κ2) is 9.32. The minimum atomic E-state index is -0.436. The average Bonchev–Trinajstić information content (AvgIpc) is 3.25. The molecule has 0 saturated carbocycles. The summed E-state index contributed by atoms with van der Waals surface area (Å²) in [6.07, 6.45) is 3.94. The lowest BCUT2D eigenvalue weighted by Crippen LogP contribution is -2.22. The van der Waals surface area contributed by atoms with E-state index in [0.717, 1.165) is 30.6 Å². The Bertz CT molecular complexity index is 1380. The van der Waals surface area contributed by atoms with Crippen molar-refractivity contribution in [3.63, 3.8) is 0 Å². The van der Waals surface area contributed by atoms with E-state index >= 15 is 0 Å². The summed E-state index contributed by atoms with van der Waals surface area (Å²) in [4.78, 5) is 19.2. The molecule has 9 heteroatoms. The van der Waals surface area contributed by atoms with Crippen LogP contribution in [0.2, 0.25) is 5.02 Å². The summed E-state index contributed by atoms with van der Waals surface area (Å²) < 4.78 is 19.9. The molecule has 0 radical (unpaired) electrons. The quantitative estimate of drug-likeness (QED) is 0.401. The first-order valence-corrected chi connectivity index (χ1v) is 11.2. The number of likely N-dealkylation sites (tertiary alicyclic amines) is 1. The second-order valence-electron chi connectivity index (χ2n) is 8.25. The standard InChI is InChI=1S/C25H21ClFN5O2/c1-32-9-7-18(14-32)34-25(33)15-2-4-19-22(6-8-28-23(19)10-15)30-17-12-24(31-29-13-17)20-11-16(26)3-5-21(20)27/h2-6,8,10-13,18H,7,9,14H2,1H3,(H,28,30,31)/t18-/m1/s1. The van der Waals surface area contributed by atoms with Crippen LogP contribution in [0.3, 0.4) is 0 Å². The molecule has 3 heterocycles. The van der Waals surface area contributed by atoms with Crippen LogP contribution in [0.25, 0.3) is 22.2 Å². The van der Waals surface area contributed by atoms with Crippen LogP contribution in [0, 0.1) is 5.82 Å². The van der Waals surface area contributed by atoms with E-state index in [2.05, 4.69) is 25.4 Å². The number of benzene rings is 2. The number of carbonyl (C=O) groups excluding carboxylic acids is 1. The Morgan fingerprint density at radius 1 is 1.21 bits per heavy atom. The Balaban J connectivity index is 1.39. The highest BCUT2D eigenvalue weighted by Gasteiger charge is 2.23. The normalized spacial score (nSPS) is 16.0. The maximum atomic E-state index is 14.3. The molecule has 0 unspecified atom stereocenters. The van der Waals surface area contributed by atoms with Crippen LogP contribution in [-0.4, -0.2) is 52.3 Å². The maximum absolute atomic E-state index is 14.3. The van der Waals surface area contributed by atoms with Crippen LogP contribution in [0.4, 0.5) is 15.8 Å². The molecule has 1 aliphatic rings. The zero-order valence-corrected chi connectivity index (χ0v) is 19.1. The Morgan fingerprint density at radius 2 is 2.09 bits per heavy atom. The molecule has 1 saturated heterocycles. The number of rotatable bonds is 5. The smallest absolute Gasteiger partial charge is 0.338 e. The number of ether oxygens (including phenoxy) is 1. The van der Waals surface area contributed by atoms with E-state index in [-0.39, 0.29) is 17.6 Å². The number of likely N-dealkylation sites (N-methyl/N-ethyl adjacent to an activating group) is 1. The van der Waals surface area contributed by atoms with Crippen LogP contribution < -0.4 is 5.32 Å². The molecule has 1 fully saturated rings. The number of nitrogens with zero attached hydrogens (tertiary/aromatic N) is 4. The molecule has 0 amide bonds. The van der Waals surface area contributed by atoms with E-state index in [1.165, 1.54) is 18.2 Å². The van der Waals surface area contributed by atoms with Crippen molar-refractivity contribution >= 4 is 39.8 Å². The number of carbonyl (C=O) groups is 1. The maximum Gasteiger partial charge on any atom is 0.338 e. The van der Waals surface area contributed by atoms with Crippen molar-refractivity contribution in [1.29, 1.82) is 0 Å². The molecular weight excluding hydrogens is 457 g/mol. The van der Waals surface area contributed by atoms with Gasteiger partial charge in [0.25, 0.3) is 0 Å². The molecule has 1 N–H and O–H groups in total. The van der Waals surface area contributed by atoms with Crippen LogP contribution in [0.5, 0.6) is 0 Å². The van der Waals surface area contributed by atoms with Crippen molar-refractivity contribution in [3.05, 3.63) is 77.3 Å². The van der Waals surface area contributed by atoms with Gasteiger partial charge in [-0.15, -0.1) is 0 Å². The summed E-state index contributed by atoms with van der Waals surface area (Å²) in [5.41, 5.74) is 3.09. The van der Waals surface area contributed by atoms with Gasteiger partial charge in [-0.25, -0.2) is 9.18 Å². The van der Waals surface area contributed by atoms with Crippen molar-refractivity contribution in [1.82, 2.24) is 20.1 Å². The Morgan fingerprint density at radius 3 is 2.91 bits per heavy atom. The Hall–Kier alpha value is -3.62. The Labute approximate surface area is 200 Å². The van der Waals surface area contributed by atoms with Gasteiger partial charge < -0.3 is 15.0 Å². The van der Waals surface area contributed by atoms with E-state index in [0.29, 0.717) is 27.5 Å². The molecule has 2 aromatic carbocycles. The third-order valence-electron chi connectivity index (χ3n) is 5.74. The number of anilines is 2. The summed E-state index contributed by atoms with van der Waals surface area (Å²) >= 11 is 6.02. The number of nitrogens with one attached hydrogen (secondary N) is 1. The summed E-state index contributed by atoms with van der Waals surface area (Å²) in [5, 5.41) is 12.5. The predicted octanol–water partition coefficient (Wildman–Crippen LogP) is 5.09. The summed E-state index contributed by atoms with van der Waals surface area (Å²) in [7, 11) is 2.01. The van der Waals surface area contributed by atoms with Crippen LogP contribution in [-0.2, 0) is 4.74 Å². The number of aromatic nitrogens is 3. The first-order valence-electron chi connectivity index (χ1n) is 10.8. The fourth-order valence-corrected chi connectivity index (χ4v) is 4.18. The molecule has 7 nitrogen and oxygen atoms in total. The van der Waals surface area contributed by atoms with E-state index in [1.54, 1.807) is 30.6 Å².